The van der Waals surface area contributed by atoms with Gasteiger partial charge in [0.2, 0.25) is 0 Å². The summed E-state index contributed by atoms with van der Waals surface area (Å²) < 4.78 is 2.08. The lowest BCUT2D eigenvalue weighted by molar-refractivity contribution is 0.343. The van der Waals surface area contributed by atoms with E-state index in [2.05, 4.69) is 36.6 Å². The maximum Gasteiger partial charge on any atom is 0.0596 e. The topological polar surface area (TPSA) is 17.8 Å². The fraction of sp³-hybridized carbons (Fsp3) is 0.750. The molecule has 0 aromatic carbocycles. The largest absolute Gasteiger partial charge is 0.270 e. The Hall–Kier alpha value is -0.500. The first kappa shape index (κ1) is 12.6. The van der Waals surface area contributed by atoms with Gasteiger partial charge in [-0.25, -0.2) is 0 Å². The summed E-state index contributed by atoms with van der Waals surface area (Å²) >= 11 is 6.03. The van der Waals surface area contributed by atoms with E-state index in [0.29, 0.717) is 5.88 Å². The summed E-state index contributed by atoms with van der Waals surface area (Å²) in [6.07, 6.45) is 2.12. The number of hydrogen-bond donors (Lipinski definition) is 0. The lowest BCUT2D eigenvalue weighted by Gasteiger charge is -2.25. The Morgan fingerprint density at radius 3 is 2.60 bits per heavy atom. The van der Waals surface area contributed by atoms with Crippen molar-refractivity contribution < 1.29 is 0 Å². The molecule has 0 amide bonds. The van der Waals surface area contributed by atoms with Crippen LogP contribution in [-0.4, -0.2) is 15.7 Å². The third-order valence-electron chi connectivity index (χ3n) is 3.07. The second kappa shape index (κ2) is 5.02. The van der Waals surface area contributed by atoms with E-state index >= 15 is 0 Å². The first-order chi connectivity index (χ1) is 7.04. The molecular weight excluding hydrogens is 208 g/mol. The highest BCUT2D eigenvalue weighted by molar-refractivity contribution is 6.18. The van der Waals surface area contributed by atoms with Gasteiger partial charge in [0.1, 0.15) is 0 Å². The van der Waals surface area contributed by atoms with Gasteiger partial charge in [0.25, 0.3) is 0 Å². The van der Waals surface area contributed by atoms with Gasteiger partial charge in [-0.1, -0.05) is 13.8 Å². The molecule has 0 aliphatic rings. The van der Waals surface area contributed by atoms with Gasteiger partial charge in [-0.3, -0.25) is 4.68 Å². The number of aryl methyl sites for hydroxylation is 2. The fourth-order valence-electron chi connectivity index (χ4n) is 1.72. The van der Waals surface area contributed by atoms with E-state index in [1.165, 1.54) is 5.69 Å². The molecule has 0 fully saturated rings. The molecule has 0 N–H and O–H groups in total. The van der Waals surface area contributed by atoms with Gasteiger partial charge in [0, 0.05) is 18.1 Å². The molecule has 15 heavy (non-hydrogen) atoms. The van der Waals surface area contributed by atoms with Crippen molar-refractivity contribution >= 4 is 11.6 Å². The molecule has 1 unspecified atom stereocenters. The van der Waals surface area contributed by atoms with E-state index in [9.17, 15) is 0 Å². The van der Waals surface area contributed by atoms with E-state index in [0.717, 1.165) is 25.1 Å². The van der Waals surface area contributed by atoms with Crippen LogP contribution in [0.2, 0.25) is 0 Å². The van der Waals surface area contributed by atoms with Crippen LogP contribution < -0.4 is 0 Å². The van der Waals surface area contributed by atoms with E-state index < -0.39 is 0 Å². The molecule has 0 radical (unpaired) electrons. The van der Waals surface area contributed by atoms with Crippen LogP contribution in [-0.2, 0) is 13.0 Å². The van der Waals surface area contributed by atoms with Gasteiger partial charge < -0.3 is 0 Å². The molecule has 86 valence electrons. The summed E-state index contributed by atoms with van der Waals surface area (Å²) in [5.74, 6) is 0.706. The third-order valence-corrected chi connectivity index (χ3v) is 3.71. The summed E-state index contributed by atoms with van der Waals surface area (Å²) in [5, 5.41) is 4.46. The molecule has 0 bridgehead atoms. The zero-order chi connectivity index (χ0) is 11.5. The predicted octanol–water partition coefficient (Wildman–Crippen LogP) is 3.41. The summed E-state index contributed by atoms with van der Waals surface area (Å²) in [6.45, 7) is 9.54. The standard InChI is InChI=1S/C12H21ClN2/c1-5-12(4,9-13)8-11-7-10(3)14-15(11)6-2/h7H,5-6,8-9H2,1-4H3. The Kier molecular flexibility index (Phi) is 4.21. The lowest BCUT2D eigenvalue weighted by Crippen LogP contribution is -2.22. The third kappa shape index (κ3) is 2.97. The van der Waals surface area contributed by atoms with Gasteiger partial charge in [-0.05, 0) is 38.2 Å². The first-order valence-electron chi connectivity index (χ1n) is 5.64. The highest BCUT2D eigenvalue weighted by atomic mass is 35.5. The molecular formula is C12H21ClN2. The van der Waals surface area contributed by atoms with E-state index in [4.69, 9.17) is 11.6 Å². The van der Waals surface area contributed by atoms with E-state index in [-0.39, 0.29) is 5.41 Å². The number of rotatable bonds is 5. The quantitative estimate of drug-likeness (QED) is 0.707. The minimum absolute atomic E-state index is 0.195. The Morgan fingerprint density at radius 1 is 1.47 bits per heavy atom. The summed E-state index contributed by atoms with van der Waals surface area (Å²) in [7, 11) is 0. The van der Waals surface area contributed by atoms with Crippen molar-refractivity contribution in [2.45, 2.75) is 47.1 Å². The zero-order valence-electron chi connectivity index (χ0n) is 10.2. The minimum atomic E-state index is 0.195. The Balaban J connectivity index is 2.87. The monoisotopic (exact) mass is 228 g/mol. The number of nitrogens with zero attached hydrogens (tertiary/aromatic N) is 2. The summed E-state index contributed by atoms with van der Waals surface area (Å²) in [6, 6.07) is 2.17. The lowest BCUT2D eigenvalue weighted by atomic mass is 9.85. The Labute approximate surface area is 97.6 Å². The molecule has 1 aromatic heterocycles. The second-order valence-corrected chi connectivity index (χ2v) is 4.83. The number of alkyl halides is 1. The molecule has 1 rings (SSSR count). The van der Waals surface area contributed by atoms with Crippen molar-refractivity contribution in [1.82, 2.24) is 9.78 Å². The molecule has 0 saturated carbocycles. The van der Waals surface area contributed by atoms with Gasteiger partial charge in [-0.15, -0.1) is 11.6 Å². The van der Waals surface area contributed by atoms with Crippen molar-refractivity contribution in [3.63, 3.8) is 0 Å². The average molecular weight is 229 g/mol. The van der Waals surface area contributed by atoms with Crippen LogP contribution in [0.1, 0.15) is 38.6 Å². The molecule has 1 heterocycles. The second-order valence-electron chi connectivity index (χ2n) is 4.57. The normalized spacial score (nSPS) is 15.3. The minimum Gasteiger partial charge on any atom is -0.270 e. The molecule has 0 aliphatic heterocycles. The Morgan fingerprint density at radius 2 is 2.13 bits per heavy atom. The number of hydrogen-bond acceptors (Lipinski definition) is 1. The molecule has 0 saturated heterocycles. The molecule has 0 aliphatic carbocycles. The molecule has 1 atom stereocenters. The maximum atomic E-state index is 6.03. The highest BCUT2D eigenvalue weighted by Crippen LogP contribution is 2.28. The fourth-order valence-corrected chi connectivity index (χ4v) is 2.00. The SMILES string of the molecule is CCn1nc(C)cc1CC(C)(CC)CCl. The van der Waals surface area contributed by atoms with Crippen molar-refractivity contribution in [2.75, 3.05) is 5.88 Å². The zero-order valence-corrected chi connectivity index (χ0v) is 10.9. The molecule has 3 heteroatoms. The van der Waals surface area contributed by atoms with Crippen molar-refractivity contribution in [2.24, 2.45) is 5.41 Å². The predicted molar refractivity (Wildman–Crippen MR) is 65.5 cm³/mol. The van der Waals surface area contributed by atoms with Crippen LogP contribution in [0.4, 0.5) is 0 Å². The smallest absolute Gasteiger partial charge is 0.0596 e. The van der Waals surface area contributed by atoms with E-state index in [1.54, 1.807) is 0 Å². The van der Waals surface area contributed by atoms with Gasteiger partial charge >= 0.3 is 0 Å². The van der Waals surface area contributed by atoms with Gasteiger partial charge in [0.05, 0.1) is 5.69 Å². The van der Waals surface area contributed by atoms with Crippen LogP contribution in [0, 0.1) is 12.3 Å². The number of aromatic nitrogens is 2. The van der Waals surface area contributed by atoms with E-state index in [1.807, 2.05) is 6.92 Å². The summed E-state index contributed by atoms with van der Waals surface area (Å²) in [4.78, 5) is 0. The first-order valence-corrected chi connectivity index (χ1v) is 6.17. The van der Waals surface area contributed by atoms with Crippen molar-refractivity contribution in [3.05, 3.63) is 17.5 Å². The van der Waals surface area contributed by atoms with Gasteiger partial charge in [-0.2, -0.15) is 5.10 Å². The van der Waals surface area contributed by atoms with Crippen molar-refractivity contribution in [3.8, 4) is 0 Å². The van der Waals surface area contributed by atoms with Crippen LogP contribution in [0.15, 0.2) is 6.07 Å². The number of halogens is 1. The van der Waals surface area contributed by atoms with Crippen LogP contribution in [0.3, 0.4) is 0 Å². The molecule has 0 spiro atoms. The van der Waals surface area contributed by atoms with Crippen LogP contribution in [0.25, 0.3) is 0 Å². The van der Waals surface area contributed by atoms with Crippen LogP contribution >= 0.6 is 11.6 Å². The van der Waals surface area contributed by atoms with Gasteiger partial charge in [0.15, 0.2) is 0 Å². The molecule has 2 nitrogen and oxygen atoms in total. The summed E-state index contributed by atoms with van der Waals surface area (Å²) in [5.41, 5.74) is 2.60. The van der Waals surface area contributed by atoms with Crippen LogP contribution in [0.5, 0.6) is 0 Å². The average Bonchev–Trinajstić information content (AvgIpc) is 2.58. The van der Waals surface area contributed by atoms with Crippen molar-refractivity contribution in [1.29, 1.82) is 0 Å². The Bertz CT molecular complexity index is 313. The highest BCUT2D eigenvalue weighted by Gasteiger charge is 2.23. The maximum absolute atomic E-state index is 6.03. The molecule has 1 aromatic rings.